The number of urea groups is 1. The molecule has 4 rings (SSSR count). The maximum absolute atomic E-state index is 13.2. The number of alkyl halides is 3. The van der Waals surface area contributed by atoms with Crippen molar-refractivity contribution in [3.8, 4) is 6.07 Å². The van der Waals surface area contributed by atoms with Crippen molar-refractivity contribution in [1.29, 1.82) is 5.26 Å². The molecule has 2 bridgehead atoms. The maximum Gasteiger partial charge on any atom is 0.417 e. The molecule has 3 saturated heterocycles. The smallest absolute Gasteiger partial charge is 0.417 e. The van der Waals surface area contributed by atoms with E-state index in [4.69, 9.17) is 5.26 Å². The molecule has 3 atom stereocenters. The molecule has 3 fully saturated rings. The molecule has 140 valence electrons. The molecule has 1 N–H and O–H groups in total. The number of hydrogen-bond acceptors (Lipinski definition) is 4. The maximum atomic E-state index is 13.2. The summed E-state index contributed by atoms with van der Waals surface area (Å²) in [6.07, 6.45) is -5.72. The second kappa shape index (κ2) is 5.35. The average molecular weight is 380 g/mol. The molecule has 1 aromatic carbocycles. The number of benzene rings is 1. The molecule has 3 aliphatic heterocycles. The van der Waals surface area contributed by atoms with Gasteiger partial charge in [-0.3, -0.25) is 4.79 Å². The highest BCUT2D eigenvalue weighted by Crippen LogP contribution is 2.43. The fourth-order valence-corrected chi connectivity index (χ4v) is 4.12. The number of carbonyl (C=O) groups is 3. The lowest BCUT2D eigenvalue weighted by molar-refractivity contribution is -0.137. The Balaban J connectivity index is 1.73. The van der Waals surface area contributed by atoms with Crippen molar-refractivity contribution in [2.24, 2.45) is 0 Å². The number of carbonyl (C=O) groups excluding carboxylic acids is 2. The van der Waals surface area contributed by atoms with Crippen molar-refractivity contribution in [3.05, 3.63) is 29.3 Å². The summed E-state index contributed by atoms with van der Waals surface area (Å²) < 4.78 is 39.5. The van der Waals surface area contributed by atoms with E-state index in [1.165, 1.54) is 11.0 Å². The highest BCUT2D eigenvalue weighted by Gasteiger charge is 2.63. The number of carboxylic acid groups (broad SMARTS) is 1. The Morgan fingerprint density at radius 3 is 2.59 bits per heavy atom. The lowest BCUT2D eigenvalue weighted by atomic mass is 10.1. The number of anilines is 1. The third-order valence-electron chi connectivity index (χ3n) is 5.20. The monoisotopic (exact) mass is 380 g/mol. The number of nitriles is 1. The van der Waals surface area contributed by atoms with E-state index in [-0.39, 0.29) is 12.2 Å². The first-order valence-corrected chi connectivity index (χ1v) is 7.92. The van der Waals surface area contributed by atoms with Crippen molar-refractivity contribution in [1.82, 2.24) is 9.80 Å². The molecule has 4 amide bonds. The molecule has 0 spiro atoms. The first-order valence-electron chi connectivity index (χ1n) is 7.92. The predicted molar refractivity (Wildman–Crippen MR) is 81.6 cm³/mol. The van der Waals surface area contributed by atoms with Gasteiger partial charge in [-0.2, -0.15) is 18.4 Å². The molecule has 11 heteroatoms. The summed E-state index contributed by atoms with van der Waals surface area (Å²) in [7, 11) is 0. The molecule has 3 aliphatic rings. The molecular formula is C16H11F3N4O4. The van der Waals surface area contributed by atoms with Gasteiger partial charge >= 0.3 is 18.3 Å². The standard InChI is InChI=1S/C16H11F3N4O4/c17-16(18,19)10-3-8(2-1-7(10)5-20)23-13(24)12-11-4-9(22(12)14(23)25)6-21(11)15(26)27/h1-3,9,11-12H,4,6H2,(H,26,27)/t9-,11-,12-/m0/s1. The van der Waals surface area contributed by atoms with Gasteiger partial charge in [-0.15, -0.1) is 0 Å². The van der Waals surface area contributed by atoms with Crippen molar-refractivity contribution in [2.45, 2.75) is 30.7 Å². The summed E-state index contributed by atoms with van der Waals surface area (Å²) in [5.41, 5.74) is -2.17. The minimum Gasteiger partial charge on any atom is -0.465 e. The van der Waals surface area contributed by atoms with Crippen LogP contribution in [-0.4, -0.2) is 57.6 Å². The number of fused-ring (bicyclic) bond motifs is 5. The van der Waals surface area contributed by atoms with Crippen LogP contribution in [0, 0.1) is 11.3 Å². The summed E-state index contributed by atoms with van der Waals surface area (Å²) in [5, 5.41) is 18.1. The van der Waals surface area contributed by atoms with Gasteiger partial charge < -0.3 is 14.9 Å². The van der Waals surface area contributed by atoms with Crippen molar-refractivity contribution >= 4 is 23.7 Å². The fourth-order valence-electron chi connectivity index (χ4n) is 4.12. The van der Waals surface area contributed by atoms with Crippen LogP contribution in [-0.2, 0) is 11.0 Å². The lowest BCUT2D eigenvalue weighted by Gasteiger charge is -2.32. The summed E-state index contributed by atoms with van der Waals surface area (Å²) in [5.74, 6) is -0.767. The molecule has 3 heterocycles. The van der Waals surface area contributed by atoms with Crippen LogP contribution in [0.5, 0.6) is 0 Å². The van der Waals surface area contributed by atoms with E-state index < -0.39 is 53.5 Å². The number of piperazine rings is 1. The van der Waals surface area contributed by atoms with Gasteiger partial charge in [0.05, 0.1) is 35.0 Å². The van der Waals surface area contributed by atoms with Gasteiger partial charge in [0.1, 0.15) is 6.04 Å². The van der Waals surface area contributed by atoms with Crippen LogP contribution in [0.15, 0.2) is 18.2 Å². The van der Waals surface area contributed by atoms with E-state index in [0.717, 1.165) is 17.0 Å². The first-order chi connectivity index (χ1) is 12.6. The van der Waals surface area contributed by atoms with Gasteiger partial charge in [-0.25, -0.2) is 14.5 Å². The zero-order chi connectivity index (χ0) is 19.7. The number of likely N-dealkylation sites (tertiary alicyclic amines) is 1. The number of amides is 4. The average Bonchev–Trinajstić information content (AvgIpc) is 3.25. The highest BCUT2D eigenvalue weighted by atomic mass is 19.4. The largest absolute Gasteiger partial charge is 0.465 e. The Labute approximate surface area is 150 Å². The van der Waals surface area contributed by atoms with Crippen LogP contribution >= 0.6 is 0 Å². The quantitative estimate of drug-likeness (QED) is 0.749. The minimum absolute atomic E-state index is 0.0601. The number of nitrogens with zero attached hydrogens (tertiary/aromatic N) is 4. The van der Waals surface area contributed by atoms with Gasteiger partial charge in [0.15, 0.2) is 0 Å². The third kappa shape index (κ3) is 2.26. The van der Waals surface area contributed by atoms with E-state index in [1.807, 2.05) is 0 Å². The Morgan fingerprint density at radius 1 is 1.30 bits per heavy atom. The second-order valence-corrected chi connectivity index (χ2v) is 6.54. The molecule has 8 nitrogen and oxygen atoms in total. The Morgan fingerprint density at radius 2 is 2.00 bits per heavy atom. The van der Waals surface area contributed by atoms with Crippen LogP contribution in [0.3, 0.4) is 0 Å². The Kier molecular flexibility index (Phi) is 3.40. The van der Waals surface area contributed by atoms with Gasteiger partial charge in [-0.05, 0) is 24.6 Å². The Hall–Kier alpha value is -3.29. The molecule has 0 saturated carbocycles. The fraction of sp³-hybridized carbons (Fsp3) is 0.375. The van der Waals surface area contributed by atoms with Gasteiger partial charge in [0.2, 0.25) is 0 Å². The van der Waals surface area contributed by atoms with Gasteiger partial charge in [0, 0.05) is 6.54 Å². The SMILES string of the molecule is N#Cc1ccc(N2C(=O)[C@@H]3[C@@H]4C[C@@H](CN4C(=O)O)N3C2=O)cc1C(F)(F)F. The predicted octanol–water partition coefficient (Wildman–Crippen LogP) is 1.85. The summed E-state index contributed by atoms with van der Waals surface area (Å²) in [6, 6.07) is 1.00. The van der Waals surface area contributed by atoms with Crippen molar-refractivity contribution < 1.29 is 32.7 Å². The van der Waals surface area contributed by atoms with E-state index in [1.54, 1.807) is 0 Å². The first kappa shape index (κ1) is 17.1. The number of imide groups is 1. The van der Waals surface area contributed by atoms with Crippen LogP contribution in [0.2, 0.25) is 0 Å². The topological polar surface area (TPSA) is 105 Å². The number of rotatable bonds is 1. The Bertz CT molecular complexity index is 925. The zero-order valence-electron chi connectivity index (χ0n) is 13.5. The summed E-state index contributed by atoms with van der Waals surface area (Å²) in [6.45, 7) is 0.0601. The van der Waals surface area contributed by atoms with E-state index in [0.29, 0.717) is 17.4 Å². The van der Waals surface area contributed by atoms with Gasteiger partial charge in [-0.1, -0.05) is 0 Å². The van der Waals surface area contributed by atoms with Crippen LogP contribution in [0.4, 0.5) is 28.4 Å². The molecule has 0 aromatic heterocycles. The molecule has 0 unspecified atom stereocenters. The normalized spacial score (nSPS) is 26.6. The highest BCUT2D eigenvalue weighted by molar-refractivity contribution is 6.22. The lowest BCUT2D eigenvalue weighted by Crippen LogP contribution is -2.54. The van der Waals surface area contributed by atoms with Crippen LogP contribution in [0.25, 0.3) is 0 Å². The van der Waals surface area contributed by atoms with E-state index >= 15 is 0 Å². The van der Waals surface area contributed by atoms with Crippen molar-refractivity contribution in [3.63, 3.8) is 0 Å². The second-order valence-electron chi connectivity index (χ2n) is 6.54. The molecule has 0 aliphatic carbocycles. The molecule has 1 aromatic rings. The summed E-state index contributed by atoms with van der Waals surface area (Å²) >= 11 is 0. The number of hydrogen-bond donors (Lipinski definition) is 1. The molecule has 27 heavy (non-hydrogen) atoms. The molecule has 0 radical (unpaired) electrons. The number of halogens is 3. The zero-order valence-corrected chi connectivity index (χ0v) is 13.5. The van der Waals surface area contributed by atoms with Crippen LogP contribution in [0.1, 0.15) is 17.5 Å². The third-order valence-corrected chi connectivity index (χ3v) is 5.20. The summed E-state index contributed by atoms with van der Waals surface area (Å²) in [4.78, 5) is 39.7. The van der Waals surface area contributed by atoms with Crippen molar-refractivity contribution in [2.75, 3.05) is 11.4 Å². The van der Waals surface area contributed by atoms with Gasteiger partial charge in [0.25, 0.3) is 5.91 Å². The molecular weight excluding hydrogens is 369 g/mol. The van der Waals surface area contributed by atoms with E-state index in [9.17, 15) is 32.7 Å². The van der Waals surface area contributed by atoms with Crippen LogP contribution < -0.4 is 4.90 Å². The van der Waals surface area contributed by atoms with E-state index in [2.05, 4.69) is 0 Å². The minimum atomic E-state index is -4.83.